The van der Waals surface area contributed by atoms with Gasteiger partial charge < -0.3 is 14.5 Å². The lowest BCUT2D eigenvalue weighted by Crippen LogP contribution is -2.18. The number of amides is 1. The van der Waals surface area contributed by atoms with Gasteiger partial charge in [-0.3, -0.25) is 4.79 Å². The average molecular weight is 261 g/mol. The van der Waals surface area contributed by atoms with E-state index in [9.17, 15) is 9.59 Å². The number of fused-ring (bicyclic) bond motifs is 1. The molecule has 0 aliphatic rings. The van der Waals surface area contributed by atoms with Crippen LogP contribution in [0.4, 0.5) is 0 Å². The van der Waals surface area contributed by atoms with E-state index in [0.29, 0.717) is 22.1 Å². The third-order valence-corrected chi connectivity index (χ3v) is 2.89. The zero-order valence-corrected chi connectivity index (χ0v) is 11.1. The fourth-order valence-electron chi connectivity index (χ4n) is 2.02. The first-order valence-corrected chi connectivity index (χ1v) is 6.01. The van der Waals surface area contributed by atoms with Gasteiger partial charge in [0.05, 0.1) is 12.2 Å². The minimum atomic E-state index is -0.515. The van der Waals surface area contributed by atoms with Gasteiger partial charge in [-0.05, 0) is 26.0 Å². The zero-order chi connectivity index (χ0) is 14.0. The SMILES string of the molecule is CCOC(=O)c1oc2cccc(C(=O)NC)c2c1C. The van der Waals surface area contributed by atoms with Crippen molar-refractivity contribution in [3.8, 4) is 0 Å². The predicted molar refractivity (Wildman–Crippen MR) is 70.3 cm³/mol. The lowest BCUT2D eigenvalue weighted by molar-refractivity contribution is 0.0491. The van der Waals surface area contributed by atoms with Crippen LogP contribution in [0.2, 0.25) is 0 Å². The monoisotopic (exact) mass is 261 g/mol. The van der Waals surface area contributed by atoms with Crippen molar-refractivity contribution < 1.29 is 18.7 Å². The van der Waals surface area contributed by atoms with Gasteiger partial charge in [0.25, 0.3) is 5.91 Å². The van der Waals surface area contributed by atoms with Gasteiger partial charge in [0.2, 0.25) is 5.76 Å². The zero-order valence-electron chi connectivity index (χ0n) is 11.1. The van der Waals surface area contributed by atoms with E-state index in [4.69, 9.17) is 9.15 Å². The lowest BCUT2D eigenvalue weighted by Gasteiger charge is -2.01. The molecule has 2 rings (SSSR count). The van der Waals surface area contributed by atoms with E-state index in [1.807, 2.05) is 0 Å². The molecule has 0 aliphatic carbocycles. The summed E-state index contributed by atoms with van der Waals surface area (Å²) < 4.78 is 10.4. The van der Waals surface area contributed by atoms with E-state index < -0.39 is 5.97 Å². The molecular formula is C14H15NO4. The molecule has 1 N–H and O–H groups in total. The Morgan fingerprint density at radius 3 is 2.74 bits per heavy atom. The van der Waals surface area contributed by atoms with Gasteiger partial charge in [-0.25, -0.2) is 4.79 Å². The van der Waals surface area contributed by atoms with E-state index in [-0.39, 0.29) is 18.3 Å². The summed E-state index contributed by atoms with van der Waals surface area (Å²) in [5.74, 6) is -0.586. The Labute approximate surface area is 110 Å². The Kier molecular flexibility index (Phi) is 3.55. The van der Waals surface area contributed by atoms with Crippen LogP contribution in [0, 0.1) is 6.92 Å². The fraction of sp³-hybridized carbons (Fsp3) is 0.286. The fourth-order valence-corrected chi connectivity index (χ4v) is 2.02. The van der Waals surface area contributed by atoms with Crippen LogP contribution in [0.3, 0.4) is 0 Å². The Balaban J connectivity index is 2.64. The minimum Gasteiger partial charge on any atom is -0.460 e. The first kappa shape index (κ1) is 13.1. The van der Waals surface area contributed by atoms with Crippen LogP contribution >= 0.6 is 0 Å². The summed E-state index contributed by atoms with van der Waals surface area (Å²) in [5, 5.41) is 3.21. The van der Waals surface area contributed by atoms with Crippen molar-refractivity contribution >= 4 is 22.8 Å². The van der Waals surface area contributed by atoms with Crippen molar-refractivity contribution in [1.82, 2.24) is 5.32 Å². The second-order valence-electron chi connectivity index (χ2n) is 4.03. The average Bonchev–Trinajstić information content (AvgIpc) is 2.76. The van der Waals surface area contributed by atoms with Crippen molar-refractivity contribution in [3.63, 3.8) is 0 Å². The van der Waals surface area contributed by atoms with Gasteiger partial charge in [0.15, 0.2) is 0 Å². The number of esters is 1. The Bertz CT molecular complexity index is 642. The quantitative estimate of drug-likeness (QED) is 0.860. The molecule has 100 valence electrons. The van der Waals surface area contributed by atoms with E-state index in [0.717, 1.165) is 0 Å². The Hall–Kier alpha value is -2.30. The molecule has 1 aromatic heterocycles. The molecule has 0 bridgehead atoms. The summed E-state index contributed by atoms with van der Waals surface area (Å²) in [6.45, 7) is 3.74. The molecule has 0 unspecified atom stereocenters. The molecule has 0 aliphatic heterocycles. The van der Waals surface area contributed by atoms with Gasteiger partial charge in [0, 0.05) is 18.0 Å². The summed E-state index contributed by atoms with van der Waals surface area (Å²) in [7, 11) is 1.56. The molecule has 0 atom stereocenters. The first-order valence-electron chi connectivity index (χ1n) is 6.01. The van der Waals surface area contributed by atoms with Crippen LogP contribution in [0.15, 0.2) is 22.6 Å². The number of rotatable bonds is 3. The van der Waals surface area contributed by atoms with Crippen LogP contribution in [-0.2, 0) is 4.74 Å². The molecule has 5 nitrogen and oxygen atoms in total. The maximum Gasteiger partial charge on any atom is 0.374 e. The predicted octanol–water partition coefficient (Wildman–Crippen LogP) is 2.28. The highest BCUT2D eigenvalue weighted by atomic mass is 16.5. The lowest BCUT2D eigenvalue weighted by atomic mass is 10.1. The van der Waals surface area contributed by atoms with Crippen molar-refractivity contribution in [1.29, 1.82) is 0 Å². The molecule has 0 saturated carbocycles. The summed E-state index contributed by atoms with van der Waals surface area (Å²) in [6.07, 6.45) is 0. The number of carbonyl (C=O) groups excluding carboxylic acids is 2. The van der Waals surface area contributed by atoms with Crippen molar-refractivity contribution in [2.75, 3.05) is 13.7 Å². The van der Waals surface area contributed by atoms with Gasteiger partial charge in [-0.2, -0.15) is 0 Å². The number of benzene rings is 1. The summed E-state index contributed by atoms with van der Waals surface area (Å²) in [4.78, 5) is 23.6. The third-order valence-electron chi connectivity index (χ3n) is 2.89. The molecule has 2 aromatic rings. The smallest absolute Gasteiger partial charge is 0.374 e. The highest BCUT2D eigenvalue weighted by Gasteiger charge is 2.22. The largest absolute Gasteiger partial charge is 0.460 e. The van der Waals surface area contributed by atoms with Crippen LogP contribution in [-0.4, -0.2) is 25.5 Å². The first-order chi connectivity index (χ1) is 9.10. The number of hydrogen-bond donors (Lipinski definition) is 1. The number of carbonyl (C=O) groups is 2. The number of aryl methyl sites for hydroxylation is 1. The number of furan rings is 1. The van der Waals surface area contributed by atoms with Crippen molar-refractivity contribution in [3.05, 3.63) is 35.1 Å². The highest BCUT2D eigenvalue weighted by Crippen LogP contribution is 2.28. The topological polar surface area (TPSA) is 68.5 Å². The minimum absolute atomic E-state index is 0.146. The number of hydrogen-bond acceptors (Lipinski definition) is 4. The van der Waals surface area contributed by atoms with Gasteiger partial charge in [0.1, 0.15) is 5.58 Å². The van der Waals surface area contributed by atoms with Crippen LogP contribution < -0.4 is 5.32 Å². The molecular weight excluding hydrogens is 246 g/mol. The van der Waals surface area contributed by atoms with Gasteiger partial charge in [-0.1, -0.05) is 6.07 Å². The summed E-state index contributed by atoms with van der Waals surface area (Å²) in [6, 6.07) is 5.13. The van der Waals surface area contributed by atoms with Gasteiger partial charge in [-0.15, -0.1) is 0 Å². The molecule has 19 heavy (non-hydrogen) atoms. The maximum atomic E-state index is 11.8. The van der Waals surface area contributed by atoms with E-state index >= 15 is 0 Å². The molecule has 1 heterocycles. The maximum absolute atomic E-state index is 11.8. The molecule has 5 heteroatoms. The van der Waals surface area contributed by atoms with E-state index in [1.165, 1.54) is 0 Å². The molecule has 1 aromatic carbocycles. The van der Waals surface area contributed by atoms with Gasteiger partial charge >= 0.3 is 5.97 Å². The molecule has 0 saturated heterocycles. The molecule has 0 fully saturated rings. The molecule has 0 spiro atoms. The van der Waals surface area contributed by atoms with E-state index in [2.05, 4.69) is 5.32 Å². The second kappa shape index (κ2) is 5.14. The van der Waals surface area contributed by atoms with Crippen LogP contribution in [0.1, 0.15) is 33.4 Å². The number of ether oxygens (including phenoxy) is 1. The highest BCUT2D eigenvalue weighted by molar-refractivity contribution is 6.09. The summed E-state index contributed by atoms with van der Waals surface area (Å²) >= 11 is 0. The molecule has 1 amide bonds. The Morgan fingerprint density at radius 1 is 1.37 bits per heavy atom. The summed E-state index contributed by atoms with van der Waals surface area (Å²) in [5.41, 5.74) is 1.60. The second-order valence-corrected chi connectivity index (χ2v) is 4.03. The normalized spacial score (nSPS) is 10.5. The standard InChI is InChI=1S/C14H15NO4/c1-4-18-14(17)12-8(2)11-9(13(16)15-3)6-5-7-10(11)19-12/h5-7H,4H2,1-3H3,(H,15,16). The van der Waals surface area contributed by atoms with E-state index in [1.54, 1.807) is 39.1 Å². The Morgan fingerprint density at radius 2 is 2.11 bits per heavy atom. The third kappa shape index (κ3) is 2.19. The number of nitrogens with one attached hydrogen (secondary N) is 1. The van der Waals surface area contributed by atoms with Crippen molar-refractivity contribution in [2.24, 2.45) is 0 Å². The van der Waals surface area contributed by atoms with Crippen LogP contribution in [0.5, 0.6) is 0 Å². The molecule has 0 radical (unpaired) electrons. The van der Waals surface area contributed by atoms with Crippen molar-refractivity contribution in [2.45, 2.75) is 13.8 Å². The van der Waals surface area contributed by atoms with Crippen LogP contribution in [0.25, 0.3) is 11.0 Å².